The average Bonchev–Trinajstić information content (AvgIpc) is 2.98. The van der Waals surface area contributed by atoms with E-state index in [1.807, 2.05) is 19.9 Å². The van der Waals surface area contributed by atoms with Crippen LogP contribution in [0.25, 0.3) is 11.4 Å². The average molecular weight is 290 g/mol. The van der Waals surface area contributed by atoms with Crippen LogP contribution in [-0.2, 0) is 0 Å². The number of H-pyrrole nitrogens is 1. The first-order chi connectivity index (χ1) is 9.56. The molecule has 1 aliphatic rings. The fourth-order valence-electron chi connectivity index (χ4n) is 3.05. The second-order valence-corrected chi connectivity index (χ2v) is 6.92. The largest absolute Gasteiger partial charge is 0.493 e. The Hall–Kier alpha value is -1.62. The Balaban J connectivity index is 2.08. The number of hydrogen-bond acceptors (Lipinski definition) is 4. The number of aryl methyl sites for hydroxylation is 2. The van der Waals surface area contributed by atoms with Crippen molar-refractivity contribution in [1.29, 1.82) is 0 Å². The van der Waals surface area contributed by atoms with E-state index in [1.54, 1.807) is 11.3 Å². The van der Waals surface area contributed by atoms with Crippen LogP contribution in [0.15, 0.2) is 10.9 Å². The van der Waals surface area contributed by atoms with E-state index in [0.717, 1.165) is 36.1 Å². The number of hydrogen-bond donors (Lipinski definition) is 2. The first kappa shape index (κ1) is 13.4. The number of nitrogens with one attached hydrogen (secondary N) is 1. The predicted molar refractivity (Wildman–Crippen MR) is 80.5 cm³/mol. The van der Waals surface area contributed by atoms with Gasteiger partial charge in [-0.15, -0.1) is 11.3 Å². The molecule has 2 aromatic heterocycles. The molecule has 2 N–H and O–H groups in total. The van der Waals surface area contributed by atoms with Crippen LogP contribution in [0.4, 0.5) is 0 Å². The maximum Gasteiger partial charge on any atom is 0.258 e. The lowest BCUT2D eigenvalue weighted by Crippen LogP contribution is -2.17. The van der Waals surface area contributed by atoms with Crippen molar-refractivity contribution in [2.24, 2.45) is 0 Å². The van der Waals surface area contributed by atoms with E-state index >= 15 is 0 Å². The van der Waals surface area contributed by atoms with E-state index in [2.05, 4.69) is 9.97 Å². The van der Waals surface area contributed by atoms with Crippen LogP contribution in [0.5, 0.6) is 5.88 Å². The Morgan fingerprint density at radius 1 is 1.35 bits per heavy atom. The lowest BCUT2D eigenvalue weighted by atomic mass is 10.00. The van der Waals surface area contributed by atoms with Crippen LogP contribution in [0.2, 0.25) is 0 Å². The van der Waals surface area contributed by atoms with E-state index in [-0.39, 0.29) is 17.4 Å². The summed E-state index contributed by atoms with van der Waals surface area (Å²) in [6.45, 7) is 4.01. The minimum atomic E-state index is -0.192. The van der Waals surface area contributed by atoms with E-state index in [4.69, 9.17) is 0 Å². The zero-order chi connectivity index (χ0) is 14.3. The fraction of sp³-hybridized carbons (Fsp3) is 0.467. The van der Waals surface area contributed by atoms with Crippen molar-refractivity contribution in [2.45, 2.75) is 45.4 Å². The maximum atomic E-state index is 12.3. The Bertz CT molecular complexity index is 696. The van der Waals surface area contributed by atoms with Crippen LogP contribution in [0.3, 0.4) is 0 Å². The molecule has 0 saturated heterocycles. The number of rotatable bonds is 2. The van der Waals surface area contributed by atoms with Gasteiger partial charge in [-0.1, -0.05) is 12.8 Å². The molecule has 0 unspecified atom stereocenters. The Labute approximate surface area is 121 Å². The van der Waals surface area contributed by atoms with Crippen molar-refractivity contribution in [3.63, 3.8) is 0 Å². The molecule has 1 fully saturated rings. The molecule has 4 nitrogen and oxygen atoms in total. The molecule has 0 atom stereocenters. The van der Waals surface area contributed by atoms with Gasteiger partial charge < -0.3 is 10.1 Å². The highest BCUT2D eigenvalue weighted by Gasteiger charge is 2.25. The number of aromatic nitrogens is 2. The summed E-state index contributed by atoms with van der Waals surface area (Å²) in [7, 11) is 0. The third kappa shape index (κ3) is 2.26. The molecular weight excluding hydrogens is 272 g/mol. The maximum absolute atomic E-state index is 12.3. The summed E-state index contributed by atoms with van der Waals surface area (Å²) in [5.74, 6) is 0.528. The molecule has 0 amide bonds. The summed E-state index contributed by atoms with van der Waals surface area (Å²) in [4.78, 5) is 21.6. The highest BCUT2D eigenvalue weighted by atomic mass is 32.1. The zero-order valence-electron chi connectivity index (χ0n) is 11.7. The molecule has 5 heteroatoms. The van der Waals surface area contributed by atoms with Crippen molar-refractivity contribution in [1.82, 2.24) is 9.97 Å². The van der Waals surface area contributed by atoms with Crippen LogP contribution < -0.4 is 5.56 Å². The molecule has 0 radical (unpaired) electrons. The van der Waals surface area contributed by atoms with Crippen molar-refractivity contribution < 1.29 is 5.11 Å². The van der Waals surface area contributed by atoms with Gasteiger partial charge in [-0.05, 0) is 38.7 Å². The van der Waals surface area contributed by atoms with E-state index in [0.29, 0.717) is 11.4 Å². The molecule has 1 saturated carbocycles. The summed E-state index contributed by atoms with van der Waals surface area (Å²) in [6, 6.07) is 1.99. The van der Waals surface area contributed by atoms with E-state index in [1.165, 1.54) is 4.88 Å². The van der Waals surface area contributed by atoms with Gasteiger partial charge >= 0.3 is 0 Å². The Kier molecular flexibility index (Phi) is 3.38. The lowest BCUT2D eigenvalue weighted by molar-refractivity contribution is 0.436. The van der Waals surface area contributed by atoms with Crippen LogP contribution in [0.1, 0.15) is 46.9 Å². The fourth-order valence-corrected chi connectivity index (χ4v) is 3.97. The third-order valence-corrected chi connectivity index (χ3v) is 4.96. The normalized spacial score (nSPS) is 15.9. The number of aromatic amines is 1. The van der Waals surface area contributed by atoms with E-state index < -0.39 is 0 Å². The molecule has 2 heterocycles. The Morgan fingerprint density at radius 2 is 2.05 bits per heavy atom. The van der Waals surface area contributed by atoms with Gasteiger partial charge in [0.25, 0.3) is 5.56 Å². The number of aromatic hydroxyl groups is 1. The summed E-state index contributed by atoms with van der Waals surface area (Å²) in [6.07, 6.45) is 4.17. The first-order valence-corrected chi connectivity index (χ1v) is 7.78. The van der Waals surface area contributed by atoms with Gasteiger partial charge in [0.2, 0.25) is 5.88 Å². The van der Waals surface area contributed by atoms with Crippen molar-refractivity contribution in [2.75, 3.05) is 0 Å². The second-order valence-electron chi connectivity index (χ2n) is 5.46. The molecule has 0 aliphatic heterocycles. The highest BCUT2D eigenvalue weighted by Crippen LogP contribution is 2.36. The molecule has 2 aromatic rings. The zero-order valence-corrected chi connectivity index (χ0v) is 12.5. The van der Waals surface area contributed by atoms with Gasteiger partial charge in [-0.2, -0.15) is 4.98 Å². The van der Waals surface area contributed by atoms with Crippen molar-refractivity contribution in [3.8, 4) is 17.3 Å². The molecule has 20 heavy (non-hydrogen) atoms. The second kappa shape index (κ2) is 5.05. The first-order valence-electron chi connectivity index (χ1n) is 6.97. The van der Waals surface area contributed by atoms with Crippen molar-refractivity contribution >= 4 is 11.3 Å². The van der Waals surface area contributed by atoms with Gasteiger partial charge in [0.1, 0.15) is 5.82 Å². The molecular formula is C15H18N2O2S. The highest BCUT2D eigenvalue weighted by molar-refractivity contribution is 7.12. The summed E-state index contributed by atoms with van der Waals surface area (Å²) in [5.41, 5.74) is 1.18. The standard InChI is InChI=1S/C15H18N2O2S/c1-8-7-11(9(2)20-8)13-16-14(18)12(15(19)17-13)10-5-3-4-6-10/h7,10H,3-6H2,1-2H3,(H2,16,17,18,19). The SMILES string of the molecule is Cc1cc(-c2nc(O)c(C3CCCC3)c(=O)[nH]2)c(C)s1. The monoisotopic (exact) mass is 290 g/mol. The minimum Gasteiger partial charge on any atom is -0.493 e. The van der Waals surface area contributed by atoms with Gasteiger partial charge in [0.05, 0.1) is 5.56 Å². The number of thiophene rings is 1. The lowest BCUT2D eigenvalue weighted by Gasteiger charge is -2.10. The van der Waals surface area contributed by atoms with Gasteiger partial charge in [0.15, 0.2) is 0 Å². The molecule has 0 aromatic carbocycles. The number of nitrogens with zero attached hydrogens (tertiary/aromatic N) is 1. The predicted octanol–water partition coefficient (Wildman–Crippen LogP) is 3.48. The molecule has 0 bridgehead atoms. The van der Waals surface area contributed by atoms with Gasteiger partial charge in [-0.25, -0.2) is 0 Å². The van der Waals surface area contributed by atoms with Gasteiger partial charge in [-0.3, -0.25) is 4.79 Å². The third-order valence-electron chi connectivity index (χ3n) is 3.99. The summed E-state index contributed by atoms with van der Waals surface area (Å²) >= 11 is 1.66. The quantitative estimate of drug-likeness (QED) is 0.890. The smallest absolute Gasteiger partial charge is 0.258 e. The summed E-state index contributed by atoms with van der Waals surface area (Å²) < 4.78 is 0. The molecule has 1 aliphatic carbocycles. The van der Waals surface area contributed by atoms with Crippen LogP contribution in [-0.4, -0.2) is 15.1 Å². The van der Waals surface area contributed by atoms with Crippen LogP contribution in [0, 0.1) is 13.8 Å². The molecule has 3 rings (SSSR count). The van der Waals surface area contributed by atoms with Crippen LogP contribution >= 0.6 is 11.3 Å². The minimum absolute atomic E-state index is 0.0982. The Morgan fingerprint density at radius 3 is 2.60 bits per heavy atom. The summed E-state index contributed by atoms with van der Waals surface area (Å²) in [5, 5.41) is 10.2. The van der Waals surface area contributed by atoms with Crippen molar-refractivity contribution in [3.05, 3.63) is 31.7 Å². The molecule has 106 valence electrons. The molecule has 0 spiro atoms. The topological polar surface area (TPSA) is 66.0 Å². The van der Waals surface area contributed by atoms with Gasteiger partial charge in [0, 0.05) is 15.3 Å². The van der Waals surface area contributed by atoms with E-state index in [9.17, 15) is 9.90 Å².